The molecule has 2 aromatic rings. The number of carbonyl (C=O) groups excluding carboxylic acids is 1. The van der Waals surface area contributed by atoms with Gasteiger partial charge in [0.1, 0.15) is 5.01 Å². The minimum atomic E-state index is 0.0856. The molecule has 1 N–H and O–H groups in total. The van der Waals surface area contributed by atoms with E-state index in [0.717, 1.165) is 43.5 Å². The number of morpholine rings is 1. The molecule has 1 aliphatic heterocycles. The third kappa shape index (κ3) is 6.13. The maximum Gasteiger partial charge on any atom is 0.220 e. The highest BCUT2D eigenvalue weighted by Crippen LogP contribution is 2.27. The predicted molar refractivity (Wildman–Crippen MR) is 109 cm³/mol. The molecule has 1 aromatic carbocycles. The maximum absolute atomic E-state index is 12.5. The van der Waals surface area contributed by atoms with Crippen molar-refractivity contribution in [1.82, 2.24) is 15.2 Å². The first kappa shape index (κ1) is 20.0. The summed E-state index contributed by atoms with van der Waals surface area (Å²) in [6, 6.07) is 10.3. The van der Waals surface area contributed by atoms with Crippen molar-refractivity contribution in [2.75, 3.05) is 26.3 Å². The fraction of sp³-hybridized carbons (Fsp3) is 0.524. The van der Waals surface area contributed by atoms with Gasteiger partial charge in [-0.1, -0.05) is 44.2 Å². The summed E-state index contributed by atoms with van der Waals surface area (Å²) in [6.07, 6.45) is 0.508. The third-order valence-corrected chi connectivity index (χ3v) is 5.86. The zero-order valence-corrected chi connectivity index (χ0v) is 17.0. The lowest BCUT2D eigenvalue weighted by molar-refractivity contribution is -0.121. The van der Waals surface area contributed by atoms with Crippen LogP contribution in [0.15, 0.2) is 35.7 Å². The molecule has 1 unspecified atom stereocenters. The zero-order valence-electron chi connectivity index (χ0n) is 16.2. The number of hydrogen-bond acceptors (Lipinski definition) is 5. The van der Waals surface area contributed by atoms with Gasteiger partial charge in [0.25, 0.3) is 0 Å². The van der Waals surface area contributed by atoms with E-state index in [-0.39, 0.29) is 11.8 Å². The minimum absolute atomic E-state index is 0.0856. The van der Waals surface area contributed by atoms with E-state index in [4.69, 9.17) is 4.74 Å². The fourth-order valence-corrected chi connectivity index (χ4v) is 4.10. The van der Waals surface area contributed by atoms with E-state index in [2.05, 4.69) is 46.6 Å². The second-order valence-electron chi connectivity index (χ2n) is 7.36. The molecule has 146 valence electrons. The molecule has 27 heavy (non-hydrogen) atoms. The Morgan fingerprint density at radius 3 is 2.70 bits per heavy atom. The van der Waals surface area contributed by atoms with Crippen LogP contribution in [-0.2, 0) is 22.6 Å². The van der Waals surface area contributed by atoms with E-state index in [1.54, 1.807) is 11.3 Å². The van der Waals surface area contributed by atoms with Crippen LogP contribution in [0, 0.1) is 5.92 Å². The number of hydrogen-bond donors (Lipinski definition) is 1. The topological polar surface area (TPSA) is 54.5 Å². The van der Waals surface area contributed by atoms with Gasteiger partial charge in [0.15, 0.2) is 0 Å². The normalized spacial score (nSPS) is 16.4. The number of aromatic nitrogens is 1. The van der Waals surface area contributed by atoms with Crippen LogP contribution in [-0.4, -0.2) is 42.1 Å². The molecule has 0 aliphatic carbocycles. The van der Waals surface area contributed by atoms with E-state index in [0.29, 0.717) is 18.9 Å². The van der Waals surface area contributed by atoms with Gasteiger partial charge in [-0.05, 0) is 17.4 Å². The third-order valence-electron chi connectivity index (χ3n) is 4.96. The summed E-state index contributed by atoms with van der Waals surface area (Å²) in [6.45, 7) is 9.22. The summed E-state index contributed by atoms with van der Waals surface area (Å²) in [7, 11) is 0. The summed E-state index contributed by atoms with van der Waals surface area (Å²) in [5, 5.41) is 6.11. The molecule has 0 radical (unpaired) electrons. The van der Waals surface area contributed by atoms with Crippen molar-refractivity contribution >= 4 is 17.2 Å². The first-order valence-electron chi connectivity index (χ1n) is 9.67. The van der Waals surface area contributed by atoms with Gasteiger partial charge in [-0.25, -0.2) is 4.98 Å². The van der Waals surface area contributed by atoms with Crippen LogP contribution in [0.4, 0.5) is 0 Å². The first-order valence-corrected chi connectivity index (χ1v) is 10.5. The molecule has 5 nitrogen and oxygen atoms in total. The molecule has 1 aromatic heterocycles. The Hall–Kier alpha value is -1.76. The van der Waals surface area contributed by atoms with Crippen molar-refractivity contribution in [3.8, 4) is 0 Å². The molecule has 1 atom stereocenters. The van der Waals surface area contributed by atoms with E-state index >= 15 is 0 Å². The largest absolute Gasteiger partial charge is 0.379 e. The van der Waals surface area contributed by atoms with Crippen LogP contribution < -0.4 is 5.32 Å². The fourth-order valence-electron chi connectivity index (χ4n) is 3.38. The second-order valence-corrected chi connectivity index (χ2v) is 8.31. The van der Waals surface area contributed by atoms with Crippen LogP contribution in [0.2, 0.25) is 0 Å². The van der Waals surface area contributed by atoms with Crippen LogP contribution in [0.25, 0.3) is 0 Å². The minimum Gasteiger partial charge on any atom is -0.379 e. The summed E-state index contributed by atoms with van der Waals surface area (Å²) in [5.41, 5.74) is 2.31. The van der Waals surface area contributed by atoms with Crippen molar-refractivity contribution < 1.29 is 9.53 Å². The second kappa shape index (κ2) is 9.97. The number of rotatable bonds is 8. The summed E-state index contributed by atoms with van der Waals surface area (Å²) >= 11 is 1.62. The number of nitrogens with zero attached hydrogens (tertiary/aromatic N) is 2. The zero-order chi connectivity index (χ0) is 19.1. The van der Waals surface area contributed by atoms with Crippen molar-refractivity contribution in [2.45, 2.75) is 39.3 Å². The lowest BCUT2D eigenvalue weighted by atomic mass is 9.85. The lowest BCUT2D eigenvalue weighted by Gasteiger charge is -2.25. The number of nitrogens with one attached hydrogen (secondary N) is 1. The Kier molecular flexibility index (Phi) is 7.38. The van der Waals surface area contributed by atoms with Gasteiger partial charge in [-0.3, -0.25) is 9.69 Å². The summed E-state index contributed by atoms with van der Waals surface area (Å²) < 4.78 is 5.38. The van der Waals surface area contributed by atoms with Crippen LogP contribution >= 0.6 is 11.3 Å². The Labute approximate surface area is 165 Å². The van der Waals surface area contributed by atoms with E-state index in [9.17, 15) is 4.79 Å². The monoisotopic (exact) mass is 387 g/mol. The van der Waals surface area contributed by atoms with Crippen molar-refractivity contribution in [1.29, 1.82) is 0 Å². The van der Waals surface area contributed by atoms with Crippen LogP contribution in [0.1, 0.15) is 42.5 Å². The van der Waals surface area contributed by atoms with Crippen molar-refractivity contribution in [2.24, 2.45) is 5.92 Å². The average Bonchev–Trinajstić information content (AvgIpc) is 3.13. The highest BCUT2D eigenvalue weighted by Gasteiger charge is 2.19. The van der Waals surface area contributed by atoms with Gasteiger partial charge in [-0.2, -0.15) is 0 Å². The molecule has 0 bridgehead atoms. The van der Waals surface area contributed by atoms with Gasteiger partial charge < -0.3 is 10.1 Å². The number of ether oxygens (including phenoxy) is 1. The molecule has 6 heteroatoms. The van der Waals surface area contributed by atoms with Gasteiger partial charge in [-0.15, -0.1) is 11.3 Å². The smallest absolute Gasteiger partial charge is 0.220 e. The molecular weight excluding hydrogens is 358 g/mol. The molecule has 3 rings (SSSR count). The lowest BCUT2D eigenvalue weighted by Crippen LogP contribution is -2.35. The average molecular weight is 388 g/mol. The van der Waals surface area contributed by atoms with Crippen molar-refractivity contribution in [3.63, 3.8) is 0 Å². The maximum atomic E-state index is 12.5. The Bertz CT molecular complexity index is 711. The molecule has 1 saturated heterocycles. The van der Waals surface area contributed by atoms with Gasteiger partial charge in [0.2, 0.25) is 5.91 Å². The molecule has 1 fully saturated rings. The first-order chi connectivity index (χ1) is 13.1. The number of thiazole rings is 1. The van der Waals surface area contributed by atoms with Gasteiger partial charge >= 0.3 is 0 Å². The highest BCUT2D eigenvalue weighted by molar-refractivity contribution is 7.09. The van der Waals surface area contributed by atoms with Crippen LogP contribution in [0.5, 0.6) is 0 Å². The summed E-state index contributed by atoms with van der Waals surface area (Å²) in [5.74, 6) is 0.736. The molecule has 1 amide bonds. The molecule has 0 spiro atoms. The number of benzene rings is 1. The SMILES string of the molecule is CC(C)C(CC(=O)NCc1nc(CN2CCOCC2)cs1)c1ccccc1. The van der Waals surface area contributed by atoms with Gasteiger partial charge in [0.05, 0.1) is 25.5 Å². The van der Waals surface area contributed by atoms with Crippen LogP contribution in [0.3, 0.4) is 0 Å². The van der Waals surface area contributed by atoms with Crippen molar-refractivity contribution in [3.05, 3.63) is 52.0 Å². The Balaban J connectivity index is 1.48. The molecule has 2 heterocycles. The highest BCUT2D eigenvalue weighted by atomic mass is 32.1. The Morgan fingerprint density at radius 1 is 1.26 bits per heavy atom. The molecule has 0 saturated carbocycles. The number of amides is 1. The van der Waals surface area contributed by atoms with E-state index in [1.165, 1.54) is 5.56 Å². The molecular formula is C21H29N3O2S. The predicted octanol–water partition coefficient (Wildman–Crippen LogP) is 3.42. The molecule has 1 aliphatic rings. The Morgan fingerprint density at radius 2 is 2.00 bits per heavy atom. The number of carbonyl (C=O) groups is 1. The van der Waals surface area contributed by atoms with Gasteiger partial charge in [0, 0.05) is 31.4 Å². The van der Waals surface area contributed by atoms with E-state index in [1.807, 2.05) is 18.2 Å². The standard InChI is InChI=1S/C21H29N3O2S/c1-16(2)19(17-6-4-3-5-7-17)12-20(25)22-13-21-23-18(15-27-21)14-24-8-10-26-11-9-24/h3-7,15-16,19H,8-14H2,1-2H3,(H,22,25). The quantitative estimate of drug-likeness (QED) is 0.754. The summed E-state index contributed by atoms with van der Waals surface area (Å²) in [4.78, 5) is 19.5. The van der Waals surface area contributed by atoms with E-state index < -0.39 is 0 Å².